The Labute approximate surface area is 116 Å². The Morgan fingerprint density at radius 3 is 1.95 bits per heavy atom. The lowest BCUT2D eigenvalue weighted by Crippen LogP contribution is -2.56. The number of β-amino-alcohol motifs (C(OH)–C–C–N with tert-alkyl or cyclic N) is 2. The van der Waals surface area contributed by atoms with Gasteiger partial charge in [-0.05, 0) is 43.4 Å². The largest absolute Gasteiger partial charge is 0.389 e. The van der Waals surface area contributed by atoms with Crippen molar-refractivity contribution < 1.29 is 15.3 Å². The van der Waals surface area contributed by atoms with E-state index < -0.39 is 18.3 Å². The SMILES string of the molecule is CC(C)[C@H]1CC[C@H](CN2C[C@@H](O)[C@H](O)[C@@H](O)C2)CC1. The van der Waals surface area contributed by atoms with Gasteiger partial charge in [0, 0.05) is 19.6 Å². The Morgan fingerprint density at radius 1 is 0.947 bits per heavy atom. The Bertz CT molecular complexity index is 265. The number of aliphatic hydroxyl groups excluding tert-OH is 3. The summed E-state index contributed by atoms with van der Waals surface area (Å²) in [5, 5.41) is 29.0. The van der Waals surface area contributed by atoms with Gasteiger partial charge in [0.25, 0.3) is 0 Å². The van der Waals surface area contributed by atoms with Gasteiger partial charge in [-0.2, -0.15) is 0 Å². The number of hydrogen-bond acceptors (Lipinski definition) is 4. The highest BCUT2D eigenvalue weighted by Crippen LogP contribution is 2.33. The summed E-state index contributed by atoms with van der Waals surface area (Å²) in [5.41, 5.74) is 0. The second-order valence-corrected chi connectivity index (χ2v) is 6.87. The van der Waals surface area contributed by atoms with E-state index in [1.165, 1.54) is 25.7 Å². The predicted octanol–water partition coefficient (Wildman–Crippen LogP) is 0.847. The zero-order valence-corrected chi connectivity index (χ0v) is 12.2. The molecule has 1 saturated carbocycles. The summed E-state index contributed by atoms with van der Waals surface area (Å²) in [7, 11) is 0. The van der Waals surface area contributed by atoms with Crippen molar-refractivity contribution in [1.29, 1.82) is 0 Å². The standard InChI is InChI=1S/C15H29NO3/c1-10(2)12-5-3-11(4-6-12)7-16-8-13(17)15(19)14(18)9-16/h10-15,17-19H,3-9H2,1-2H3/t11-,12-,13-,14+,15+. The molecule has 0 aromatic heterocycles. The van der Waals surface area contributed by atoms with E-state index in [0.29, 0.717) is 19.0 Å². The van der Waals surface area contributed by atoms with E-state index in [0.717, 1.165) is 18.4 Å². The summed E-state index contributed by atoms with van der Waals surface area (Å²) in [6, 6.07) is 0. The van der Waals surface area contributed by atoms with Crippen LogP contribution in [0.5, 0.6) is 0 Å². The average molecular weight is 271 g/mol. The molecule has 1 saturated heterocycles. The van der Waals surface area contributed by atoms with Crippen LogP contribution < -0.4 is 0 Å². The molecule has 1 aliphatic carbocycles. The molecule has 3 N–H and O–H groups in total. The van der Waals surface area contributed by atoms with E-state index in [-0.39, 0.29) is 0 Å². The number of hydrogen-bond donors (Lipinski definition) is 3. The van der Waals surface area contributed by atoms with Crippen molar-refractivity contribution in [3.05, 3.63) is 0 Å². The maximum Gasteiger partial charge on any atom is 0.108 e. The summed E-state index contributed by atoms with van der Waals surface area (Å²) in [6.45, 7) is 6.55. The van der Waals surface area contributed by atoms with Crippen LogP contribution >= 0.6 is 0 Å². The molecule has 0 radical (unpaired) electrons. The van der Waals surface area contributed by atoms with E-state index in [9.17, 15) is 15.3 Å². The molecule has 4 heteroatoms. The molecule has 0 bridgehead atoms. The van der Waals surface area contributed by atoms with Gasteiger partial charge in [-0.3, -0.25) is 4.90 Å². The highest BCUT2D eigenvalue weighted by molar-refractivity contribution is 4.87. The van der Waals surface area contributed by atoms with Crippen LogP contribution in [0.2, 0.25) is 0 Å². The smallest absolute Gasteiger partial charge is 0.108 e. The third-order valence-corrected chi connectivity index (χ3v) is 5.03. The molecule has 19 heavy (non-hydrogen) atoms. The lowest BCUT2D eigenvalue weighted by molar-refractivity contribution is -0.112. The fourth-order valence-corrected chi connectivity index (χ4v) is 3.63. The summed E-state index contributed by atoms with van der Waals surface area (Å²) < 4.78 is 0. The summed E-state index contributed by atoms with van der Waals surface area (Å²) >= 11 is 0. The molecule has 0 amide bonds. The van der Waals surface area contributed by atoms with Crippen LogP contribution in [-0.2, 0) is 0 Å². The van der Waals surface area contributed by atoms with Crippen molar-refractivity contribution in [2.24, 2.45) is 17.8 Å². The molecule has 0 aromatic rings. The number of rotatable bonds is 3. The van der Waals surface area contributed by atoms with Crippen molar-refractivity contribution >= 4 is 0 Å². The molecule has 2 fully saturated rings. The summed E-state index contributed by atoms with van der Waals surface area (Å²) in [6.07, 6.45) is 2.54. The Balaban J connectivity index is 1.77. The monoisotopic (exact) mass is 271 g/mol. The molecule has 2 rings (SSSR count). The third kappa shape index (κ3) is 3.91. The molecule has 0 unspecified atom stereocenters. The van der Waals surface area contributed by atoms with Crippen LogP contribution in [0.25, 0.3) is 0 Å². The van der Waals surface area contributed by atoms with Crippen molar-refractivity contribution in [1.82, 2.24) is 4.90 Å². The Kier molecular flexibility index (Phi) is 5.23. The minimum absolute atomic E-state index is 0.488. The van der Waals surface area contributed by atoms with E-state index in [4.69, 9.17) is 0 Å². The van der Waals surface area contributed by atoms with Gasteiger partial charge in [0.05, 0.1) is 12.2 Å². The quantitative estimate of drug-likeness (QED) is 0.712. The van der Waals surface area contributed by atoms with Gasteiger partial charge in [0.2, 0.25) is 0 Å². The zero-order valence-electron chi connectivity index (χ0n) is 12.2. The average Bonchev–Trinajstić information content (AvgIpc) is 2.36. The lowest BCUT2D eigenvalue weighted by atomic mass is 9.76. The molecule has 1 heterocycles. The van der Waals surface area contributed by atoms with Gasteiger partial charge in [0.1, 0.15) is 6.10 Å². The van der Waals surface area contributed by atoms with E-state index in [2.05, 4.69) is 18.7 Å². The van der Waals surface area contributed by atoms with Crippen molar-refractivity contribution in [3.63, 3.8) is 0 Å². The molecular formula is C15H29NO3. The number of piperidine rings is 1. The minimum Gasteiger partial charge on any atom is -0.389 e. The van der Waals surface area contributed by atoms with Crippen LogP contribution in [0.1, 0.15) is 39.5 Å². The van der Waals surface area contributed by atoms with Gasteiger partial charge in [-0.1, -0.05) is 13.8 Å². The Morgan fingerprint density at radius 2 is 1.47 bits per heavy atom. The van der Waals surface area contributed by atoms with E-state index in [1.54, 1.807) is 0 Å². The van der Waals surface area contributed by atoms with Gasteiger partial charge < -0.3 is 15.3 Å². The zero-order chi connectivity index (χ0) is 14.0. The molecule has 4 nitrogen and oxygen atoms in total. The van der Waals surface area contributed by atoms with E-state index >= 15 is 0 Å². The number of aliphatic hydroxyl groups is 3. The highest BCUT2D eigenvalue weighted by atomic mass is 16.4. The first-order valence-electron chi connectivity index (χ1n) is 7.74. The molecule has 2 aliphatic rings. The van der Waals surface area contributed by atoms with Crippen LogP contribution in [0.15, 0.2) is 0 Å². The first kappa shape index (κ1) is 15.2. The fourth-order valence-electron chi connectivity index (χ4n) is 3.63. The van der Waals surface area contributed by atoms with Gasteiger partial charge in [-0.25, -0.2) is 0 Å². The van der Waals surface area contributed by atoms with Crippen LogP contribution in [0.4, 0.5) is 0 Å². The van der Waals surface area contributed by atoms with Crippen LogP contribution in [0.3, 0.4) is 0 Å². The molecular weight excluding hydrogens is 242 g/mol. The second-order valence-electron chi connectivity index (χ2n) is 6.87. The summed E-state index contributed by atoms with van der Waals surface area (Å²) in [5.74, 6) is 2.34. The molecule has 3 atom stereocenters. The maximum atomic E-state index is 9.71. The number of likely N-dealkylation sites (tertiary alicyclic amines) is 1. The van der Waals surface area contributed by atoms with Crippen molar-refractivity contribution in [3.8, 4) is 0 Å². The van der Waals surface area contributed by atoms with E-state index in [1.807, 2.05) is 0 Å². The third-order valence-electron chi connectivity index (χ3n) is 5.03. The Hall–Kier alpha value is -0.160. The van der Waals surface area contributed by atoms with Crippen molar-refractivity contribution in [2.75, 3.05) is 19.6 Å². The normalized spacial score (nSPS) is 41.7. The predicted molar refractivity (Wildman–Crippen MR) is 74.7 cm³/mol. The van der Waals surface area contributed by atoms with Crippen LogP contribution in [0, 0.1) is 17.8 Å². The highest BCUT2D eigenvalue weighted by Gasteiger charge is 2.34. The van der Waals surface area contributed by atoms with Gasteiger partial charge in [-0.15, -0.1) is 0 Å². The maximum absolute atomic E-state index is 9.71. The molecule has 1 aliphatic heterocycles. The van der Waals surface area contributed by atoms with Gasteiger partial charge >= 0.3 is 0 Å². The molecule has 0 spiro atoms. The second kappa shape index (κ2) is 6.53. The number of nitrogens with zero attached hydrogens (tertiary/aromatic N) is 1. The molecule has 0 aromatic carbocycles. The summed E-state index contributed by atoms with van der Waals surface area (Å²) in [4.78, 5) is 2.11. The topological polar surface area (TPSA) is 63.9 Å². The lowest BCUT2D eigenvalue weighted by Gasteiger charge is -2.40. The minimum atomic E-state index is -0.979. The van der Waals surface area contributed by atoms with Crippen LogP contribution in [-0.4, -0.2) is 58.2 Å². The van der Waals surface area contributed by atoms with Gasteiger partial charge in [0.15, 0.2) is 0 Å². The van der Waals surface area contributed by atoms with Crippen molar-refractivity contribution in [2.45, 2.75) is 57.8 Å². The first-order chi connectivity index (χ1) is 8.97. The fraction of sp³-hybridized carbons (Fsp3) is 1.00. The first-order valence-corrected chi connectivity index (χ1v) is 7.74. The molecule has 112 valence electrons.